The predicted molar refractivity (Wildman–Crippen MR) is 58.8 cm³/mol. The van der Waals surface area contributed by atoms with Gasteiger partial charge in [0.2, 0.25) is 0 Å². The fraction of sp³-hybridized carbons (Fsp3) is 0.222. The second-order valence-corrected chi connectivity index (χ2v) is 5.05. The van der Waals surface area contributed by atoms with Gasteiger partial charge in [-0.25, -0.2) is 5.01 Å². The van der Waals surface area contributed by atoms with E-state index in [1.54, 1.807) is 24.3 Å². The second-order valence-electron chi connectivity index (χ2n) is 3.55. The third-order valence-corrected chi connectivity index (χ3v) is 3.59. The number of anilines is 1. The van der Waals surface area contributed by atoms with Gasteiger partial charge in [0.25, 0.3) is 5.91 Å². The van der Waals surface area contributed by atoms with Gasteiger partial charge in [-0.3, -0.25) is 9.52 Å². The zero-order valence-electron chi connectivity index (χ0n) is 8.84. The Labute approximate surface area is 93.6 Å². The molecule has 0 atom stereocenters. The molecule has 1 aliphatic heterocycles. The molecular weight excluding hydrogens is 230 g/mol. The van der Waals surface area contributed by atoms with Crippen molar-refractivity contribution < 1.29 is 13.2 Å². The van der Waals surface area contributed by atoms with Crippen molar-refractivity contribution in [3.63, 3.8) is 0 Å². The molecule has 16 heavy (non-hydrogen) atoms. The highest BCUT2D eigenvalue weighted by Crippen LogP contribution is 2.26. The van der Waals surface area contributed by atoms with E-state index in [-0.39, 0.29) is 0 Å². The summed E-state index contributed by atoms with van der Waals surface area (Å²) in [5.74, 6) is -0.556. The molecule has 0 radical (unpaired) electrons. The number of nitrogens with zero attached hydrogens (tertiary/aromatic N) is 2. The molecule has 0 unspecified atom stereocenters. The summed E-state index contributed by atoms with van der Waals surface area (Å²) < 4.78 is 26.5. The number of hydrazine groups is 1. The second kappa shape index (κ2) is 3.46. The number of amides is 1. The Kier molecular flexibility index (Phi) is 2.36. The van der Waals surface area contributed by atoms with Crippen LogP contribution in [0.15, 0.2) is 24.3 Å². The minimum Gasteiger partial charge on any atom is -0.266 e. The smallest absolute Gasteiger partial charge is 0.266 e. The molecule has 1 N–H and O–H groups in total. The van der Waals surface area contributed by atoms with E-state index in [1.807, 2.05) is 0 Å². The molecule has 0 spiro atoms. The van der Waals surface area contributed by atoms with Crippen molar-refractivity contribution in [2.45, 2.75) is 0 Å². The van der Waals surface area contributed by atoms with E-state index in [4.69, 9.17) is 0 Å². The number of carbonyl (C=O) groups excluding carboxylic acids is 1. The number of hydrogen-bond acceptors (Lipinski definition) is 4. The number of benzene rings is 1. The summed E-state index contributed by atoms with van der Waals surface area (Å²) in [5.41, 5.74) is 0.650. The lowest BCUT2D eigenvalue weighted by Crippen LogP contribution is -2.51. The molecule has 1 aromatic carbocycles. The summed E-state index contributed by atoms with van der Waals surface area (Å²) in [5, 5.41) is 1.22. The molecular formula is C9H11N3O3S. The lowest BCUT2D eigenvalue weighted by atomic mass is 10.2. The fourth-order valence-electron chi connectivity index (χ4n) is 1.55. The Morgan fingerprint density at radius 2 is 1.88 bits per heavy atom. The lowest BCUT2D eigenvalue weighted by Gasteiger charge is -2.32. The number of hydrogen-bond donors (Lipinski definition) is 1. The van der Waals surface area contributed by atoms with Gasteiger partial charge in [-0.15, -0.1) is 4.41 Å². The van der Waals surface area contributed by atoms with Crippen LogP contribution in [0.25, 0.3) is 0 Å². The Balaban J connectivity index is 2.61. The third kappa shape index (κ3) is 1.54. The van der Waals surface area contributed by atoms with Crippen molar-refractivity contribution in [2.24, 2.45) is 0 Å². The van der Waals surface area contributed by atoms with Gasteiger partial charge >= 0.3 is 10.2 Å². The number of fused-ring (bicyclic) bond motifs is 1. The number of nitrogens with one attached hydrogen (secondary N) is 1. The molecule has 0 aromatic heterocycles. The first-order valence-electron chi connectivity index (χ1n) is 4.57. The van der Waals surface area contributed by atoms with Crippen LogP contribution in [0.3, 0.4) is 0 Å². The monoisotopic (exact) mass is 241 g/mol. The Morgan fingerprint density at radius 1 is 1.25 bits per heavy atom. The third-order valence-electron chi connectivity index (χ3n) is 2.16. The minimum atomic E-state index is -3.83. The maximum atomic E-state index is 11.9. The van der Waals surface area contributed by atoms with Crippen LogP contribution in [0.2, 0.25) is 0 Å². The normalized spacial score (nSPS) is 18.2. The summed E-state index contributed by atoms with van der Waals surface area (Å²) in [6, 6.07) is 6.48. The number of para-hydroxylation sites is 1. The van der Waals surface area contributed by atoms with Crippen LogP contribution in [0.5, 0.6) is 0 Å². The van der Waals surface area contributed by atoms with Crippen LogP contribution >= 0.6 is 0 Å². The van der Waals surface area contributed by atoms with Crippen LogP contribution in [0.1, 0.15) is 10.4 Å². The van der Waals surface area contributed by atoms with Crippen molar-refractivity contribution in [2.75, 3.05) is 18.8 Å². The van der Waals surface area contributed by atoms with Gasteiger partial charge < -0.3 is 0 Å². The van der Waals surface area contributed by atoms with Crippen molar-refractivity contribution in [1.29, 1.82) is 0 Å². The van der Waals surface area contributed by atoms with Gasteiger partial charge in [0.1, 0.15) is 0 Å². The standard InChI is InChI=1S/C9H11N3O3S/c1-11(2)12-9(13)7-5-3-4-6-8(7)10-16(12,14)15/h3-6,10H,1-2H3. The number of carbonyl (C=O) groups is 1. The zero-order chi connectivity index (χ0) is 11.9. The van der Waals surface area contributed by atoms with E-state index in [0.29, 0.717) is 15.7 Å². The van der Waals surface area contributed by atoms with Crippen molar-refractivity contribution in [3.8, 4) is 0 Å². The van der Waals surface area contributed by atoms with Crippen LogP contribution < -0.4 is 4.72 Å². The SMILES string of the molecule is CN(C)N1C(=O)c2ccccc2NS1(=O)=O. The quantitative estimate of drug-likeness (QED) is 0.766. The molecule has 0 fully saturated rings. The molecule has 0 bridgehead atoms. The molecule has 1 amide bonds. The molecule has 1 aromatic rings. The molecule has 86 valence electrons. The maximum absolute atomic E-state index is 11.9. The van der Waals surface area contributed by atoms with Gasteiger partial charge in [-0.05, 0) is 12.1 Å². The zero-order valence-corrected chi connectivity index (χ0v) is 9.65. The first kappa shape index (κ1) is 10.9. The van der Waals surface area contributed by atoms with Crippen molar-refractivity contribution in [3.05, 3.63) is 29.8 Å². The molecule has 1 heterocycles. The van der Waals surface area contributed by atoms with E-state index in [9.17, 15) is 13.2 Å². The van der Waals surface area contributed by atoms with Gasteiger partial charge in [0, 0.05) is 14.1 Å². The number of rotatable bonds is 1. The summed E-state index contributed by atoms with van der Waals surface area (Å²) >= 11 is 0. The van der Waals surface area contributed by atoms with Crippen molar-refractivity contribution >= 4 is 21.8 Å². The fourth-order valence-corrected chi connectivity index (χ4v) is 2.84. The van der Waals surface area contributed by atoms with Crippen LogP contribution in [0.4, 0.5) is 5.69 Å². The van der Waals surface area contributed by atoms with Crippen LogP contribution in [-0.4, -0.2) is 37.8 Å². The Hall–Kier alpha value is -1.60. The highest BCUT2D eigenvalue weighted by Gasteiger charge is 2.36. The largest absolute Gasteiger partial charge is 0.340 e. The summed E-state index contributed by atoms with van der Waals surface area (Å²) in [7, 11) is -0.843. The van der Waals surface area contributed by atoms with Crippen molar-refractivity contribution in [1.82, 2.24) is 9.42 Å². The predicted octanol–water partition coefficient (Wildman–Crippen LogP) is 0.276. The lowest BCUT2D eigenvalue weighted by molar-refractivity contribution is 0.0581. The molecule has 7 heteroatoms. The van der Waals surface area contributed by atoms with E-state index in [0.717, 1.165) is 0 Å². The molecule has 1 aliphatic rings. The average Bonchev–Trinajstić information content (AvgIpc) is 2.15. The summed E-state index contributed by atoms with van der Waals surface area (Å²) in [6.45, 7) is 0. The summed E-state index contributed by atoms with van der Waals surface area (Å²) in [4.78, 5) is 11.9. The summed E-state index contributed by atoms with van der Waals surface area (Å²) in [6.07, 6.45) is 0. The average molecular weight is 241 g/mol. The van der Waals surface area contributed by atoms with E-state index in [2.05, 4.69) is 4.72 Å². The first-order chi connectivity index (χ1) is 7.43. The highest BCUT2D eigenvalue weighted by atomic mass is 32.2. The van der Waals surface area contributed by atoms with E-state index < -0.39 is 16.1 Å². The van der Waals surface area contributed by atoms with Gasteiger partial charge in [0.05, 0.1) is 11.3 Å². The van der Waals surface area contributed by atoms with Crippen LogP contribution in [0, 0.1) is 0 Å². The van der Waals surface area contributed by atoms with Crippen LogP contribution in [-0.2, 0) is 10.2 Å². The Bertz CT molecular complexity index is 539. The Morgan fingerprint density at radius 3 is 2.50 bits per heavy atom. The van der Waals surface area contributed by atoms with E-state index >= 15 is 0 Å². The molecule has 2 rings (SSSR count). The van der Waals surface area contributed by atoms with Gasteiger partial charge in [-0.1, -0.05) is 12.1 Å². The molecule has 0 saturated heterocycles. The first-order valence-corrected chi connectivity index (χ1v) is 6.01. The van der Waals surface area contributed by atoms with Gasteiger partial charge in [-0.2, -0.15) is 8.42 Å². The topological polar surface area (TPSA) is 69.7 Å². The molecule has 6 nitrogen and oxygen atoms in total. The highest BCUT2D eigenvalue weighted by molar-refractivity contribution is 7.91. The molecule has 0 aliphatic carbocycles. The van der Waals surface area contributed by atoms with E-state index in [1.165, 1.54) is 19.1 Å². The maximum Gasteiger partial charge on any atom is 0.340 e. The van der Waals surface area contributed by atoms with Gasteiger partial charge in [0.15, 0.2) is 0 Å². The minimum absolute atomic E-state index is 0.311. The molecule has 0 saturated carbocycles.